The molecule has 80 valence electrons. The Hall–Kier alpha value is -1.15. The molecule has 0 unspecified atom stereocenters. The molecule has 0 aromatic heterocycles. The van der Waals surface area contributed by atoms with Crippen LogP contribution in [0.25, 0.3) is 0 Å². The highest BCUT2D eigenvalue weighted by atomic mass is 16.5. The van der Waals surface area contributed by atoms with Gasteiger partial charge in [-0.15, -0.1) is 0 Å². The molecule has 0 bridgehead atoms. The van der Waals surface area contributed by atoms with Gasteiger partial charge in [0, 0.05) is 26.4 Å². The number of hydrogen-bond acceptors (Lipinski definition) is 2. The smallest absolute Gasteiger partial charge is 0.165 e. The predicted molar refractivity (Wildman–Crippen MR) is 58.9 cm³/mol. The van der Waals surface area contributed by atoms with Crippen molar-refractivity contribution in [2.45, 2.75) is 31.8 Å². The van der Waals surface area contributed by atoms with Gasteiger partial charge in [0.25, 0.3) is 0 Å². The Morgan fingerprint density at radius 3 is 2.27 bits per heavy atom. The van der Waals surface area contributed by atoms with Crippen molar-refractivity contribution in [1.82, 2.24) is 0 Å². The number of Topliss-reactive ketones (excluding diaryl/α,β-unsaturated/α-hetero) is 1. The molecule has 1 aliphatic rings. The Morgan fingerprint density at radius 2 is 1.87 bits per heavy atom. The average Bonchev–Trinajstić information content (AvgIpc) is 2.67. The number of ketones is 1. The maximum atomic E-state index is 11.9. The van der Waals surface area contributed by atoms with E-state index in [-0.39, 0.29) is 5.78 Å². The molecule has 1 aromatic carbocycles. The SMILES string of the molecule is CCC(=O)C1(OC)Cc2ccccc2C1. The molecule has 0 heterocycles. The van der Waals surface area contributed by atoms with Crippen LogP contribution in [-0.2, 0) is 22.4 Å². The molecule has 1 aromatic rings. The molecule has 0 radical (unpaired) electrons. The van der Waals surface area contributed by atoms with E-state index in [1.165, 1.54) is 11.1 Å². The van der Waals surface area contributed by atoms with E-state index < -0.39 is 5.60 Å². The second kappa shape index (κ2) is 3.78. The predicted octanol–water partition coefficient (Wildman–Crippen LogP) is 2.15. The molecular formula is C13H16O2. The third kappa shape index (κ3) is 1.59. The highest BCUT2D eigenvalue weighted by Crippen LogP contribution is 2.33. The van der Waals surface area contributed by atoms with E-state index in [1.807, 2.05) is 19.1 Å². The number of hydrogen-bond donors (Lipinski definition) is 0. The molecule has 15 heavy (non-hydrogen) atoms. The molecule has 0 amide bonds. The van der Waals surface area contributed by atoms with Crippen LogP contribution in [0.5, 0.6) is 0 Å². The van der Waals surface area contributed by atoms with Gasteiger partial charge in [0.05, 0.1) is 0 Å². The highest BCUT2D eigenvalue weighted by Gasteiger charge is 2.42. The zero-order chi connectivity index (χ0) is 10.9. The molecule has 0 atom stereocenters. The molecule has 0 N–H and O–H groups in total. The summed E-state index contributed by atoms with van der Waals surface area (Å²) in [7, 11) is 1.64. The van der Waals surface area contributed by atoms with Gasteiger partial charge in [0.2, 0.25) is 0 Å². The monoisotopic (exact) mass is 204 g/mol. The van der Waals surface area contributed by atoms with Crippen LogP contribution in [0, 0.1) is 0 Å². The van der Waals surface area contributed by atoms with Gasteiger partial charge in [-0.2, -0.15) is 0 Å². The van der Waals surface area contributed by atoms with Crippen molar-refractivity contribution in [1.29, 1.82) is 0 Å². The Kier molecular flexibility index (Phi) is 2.61. The Morgan fingerprint density at radius 1 is 1.33 bits per heavy atom. The molecule has 0 spiro atoms. The molecule has 0 saturated heterocycles. The second-order valence-corrected chi connectivity index (χ2v) is 4.10. The summed E-state index contributed by atoms with van der Waals surface area (Å²) < 4.78 is 5.48. The van der Waals surface area contributed by atoms with Crippen LogP contribution in [0.15, 0.2) is 24.3 Å². The first-order valence-corrected chi connectivity index (χ1v) is 5.37. The van der Waals surface area contributed by atoms with Crippen molar-refractivity contribution in [3.05, 3.63) is 35.4 Å². The van der Waals surface area contributed by atoms with Crippen molar-refractivity contribution in [3.8, 4) is 0 Å². The summed E-state index contributed by atoms with van der Waals surface area (Å²) in [5.41, 5.74) is 1.92. The van der Waals surface area contributed by atoms with Gasteiger partial charge in [-0.1, -0.05) is 31.2 Å². The Bertz CT molecular complexity index is 357. The fourth-order valence-electron chi connectivity index (χ4n) is 2.36. The molecule has 2 heteroatoms. The molecular weight excluding hydrogens is 188 g/mol. The van der Waals surface area contributed by atoms with E-state index in [1.54, 1.807) is 7.11 Å². The van der Waals surface area contributed by atoms with Gasteiger partial charge < -0.3 is 4.74 Å². The van der Waals surface area contributed by atoms with Crippen LogP contribution >= 0.6 is 0 Å². The minimum absolute atomic E-state index is 0.209. The van der Waals surface area contributed by atoms with Crippen molar-refractivity contribution in [2.75, 3.05) is 7.11 Å². The van der Waals surface area contributed by atoms with Crippen molar-refractivity contribution < 1.29 is 9.53 Å². The summed E-state index contributed by atoms with van der Waals surface area (Å²) >= 11 is 0. The minimum Gasteiger partial charge on any atom is -0.370 e. The Labute approximate surface area is 90.3 Å². The number of carbonyl (C=O) groups excluding carboxylic acids is 1. The lowest BCUT2D eigenvalue weighted by Crippen LogP contribution is -2.41. The summed E-state index contributed by atoms with van der Waals surface area (Å²) in [6.45, 7) is 1.89. The highest BCUT2D eigenvalue weighted by molar-refractivity contribution is 5.88. The molecule has 0 aliphatic heterocycles. The van der Waals surface area contributed by atoms with Gasteiger partial charge in [0.1, 0.15) is 5.60 Å². The van der Waals surface area contributed by atoms with Gasteiger partial charge in [-0.25, -0.2) is 0 Å². The maximum absolute atomic E-state index is 11.9. The summed E-state index contributed by atoms with van der Waals surface area (Å²) in [6.07, 6.45) is 2.00. The van der Waals surface area contributed by atoms with E-state index in [0.717, 1.165) is 12.8 Å². The first kappa shape index (κ1) is 10.4. The average molecular weight is 204 g/mol. The van der Waals surface area contributed by atoms with Gasteiger partial charge >= 0.3 is 0 Å². The van der Waals surface area contributed by atoms with Crippen LogP contribution in [-0.4, -0.2) is 18.5 Å². The fraction of sp³-hybridized carbons (Fsp3) is 0.462. The minimum atomic E-state index is -0.585. The third-order valence-corrected chi connectivity index (χ3v) is 3.29. The molecule has 0 saturated carbocycles. The number of methoxy groups -OCH3 is 1. The lowest BCUT2D eigenvalue weighted by atomic mass is 9.93. The topological polar surface area (TPSA) is 26.3 Å². The maximum Gasteiger partial charge on any atom is 0.165 e. The zero-order valence-electron chi connectivity index (χ0n) is 9.25. The number of ether oxygens (including phenoxy) is 1. The molecule has 2 rings (SSSR count). The second-order valence-electron chi connectivity index (χ2n) is 4.10. The lowest BCUT2D eigenvalue weighted by molar-refractivity contribution is -0.139. The van der Waals surface area contributed by atoms with Crippen molar-refractivity contribution in [3.63, 3.8) is 0 Å². The van der Waals surface area contributed by atoms with E-state index in [9.17, 15) is 4.79 Å². The molecule has 0 fully saturated rings. The largest absolute Gasteiger partial charge is 0.370 e. The zero-order valence-corrected chi connectivity index (χ0v) is 9.25. The van der Waals surface area contributed by atoms with Crippen LogP contribution in [0.3, 0.4) is 0 Å². The fourth-order valence-corrected chi connectivity index (χ4v) is 2.36. The van der Waals surface area contributed by atoms with Crippen LogP contribution in [0.4, 0.5) is 0 Å². The lowest BCUT2D eigenvalue weighted by Gasteiger charge is -2.25. The molecule has 1 aliphatic carbocycles. The summed E-state index contributed by atoms with van der Waals surface area (Å²) in [5, 5.41) is 0. The van der Waals surface area contributed by atoms with E-state index in [0.29, 0.717) is 6.42 Å². The van der Waals surface area contributed by atoms with Crippen LogP contribution < -0.4 is 0 Å². The van der Waals surface area contributed by atoms with Crippen LogP contribution in [0.1, 0.15) is 24.5 Å². The first-order valence-electron chi connectivity index (χ1n) is 5.37. The first-order chi connectivity index (χ1) is 7.22. The summed E-state index contributed by atoms with van der Waals surface area (Å²) in [4.78, 5) is 11.9. The number of fused-ring (bicyclic) bond motifs is 1. The van der Waals surface area contributed by atoms with E-state index >= 15 is 0 Å². The number of rotatable bonds is 3. The van der Waals surface area contributed by atoms with E-state index in [2.05, 4.69) is 12.1 Å². The summed E-state index contributed by atoms with van der Waals surface area (Å²) in [5.74, 6) is 0.209. The third-order valence-electron chi connectivity index (χ3n) is 3.29. The summed E-state index contributed by atoms with van der Waals surface area (Å²) in [6, 6.07) is 8.19. The van der Waals surface area contributed by atoms with Crippen molar-refractivity contribution in [2.24, 2.45) is 0 Å². The van der Waals surface area contributed by atoms with E-state index in [4.69, 9.17) is 4.74 Å². The number of benzene rings is 1. The van der Waals surface area contributed by atoms with Gasteiger partial charge in [-0.3, -0.25) is 4.79 Å². The van der Waals surface area contributed by atoms with Gasteiger partial charge in [-0.05, 0) is 11.1 Å². The van der Waals surface area contributed by atoms with Gasteiger partial charge in [0.15, 0.2) is 5.78 Å². The standard InChI is InChI=1S/C13H16O2/c1-3-12(14)13(15-2)8-10-6-4-5-7-11(10)9-13/h4-7H,3,8-9H2,1-2H3. The van der Waals surface area contributed by atoms with Crippen LogP contribution in [0.2, 0.25) is 0 Å². The normalized spacial score (nSPS) is 17.5. The number of carbonyl (C=O) groups is 1. The Balaban J connectivity index is 2.33. The van der Waals surface area contributed by atoms with Crippen molar-refractivity contribution >= 4 is 5.78 Å². The molecule has 2 nitrogen and oxygen atoms in total. The quantitative estimate of drug-likeness (QED) is 0.754.